The first-order chi connectivity index (χ1) is 12.6. The largest absolute Gasteiger partial charge is 0.373 e. The molecule has 1 amide bonds. The Bertz CT molecular complexity index is 732. The molecule has 1 aliphatic heterocycles. The number of nitrogens with one attached hydrogen (secondary N) is 1. The van der Waals surface area contributed by atoms with E-state index < -0.39 is 11.6 Å². The van der Waals surface area contributed by atoms with Crippen LogP contribution in [0.5, 0.6) is 0 Å². The van der Waals surface area contributed by atoms with Gasteiger partial charge in [-0.3, -0.25) is 9.69 Å². The molecule has 1 fully saturated rings. The second-order valence-electron chi connectivity index (χ2n) is 6.44. The zero-order valence-corrected chi connectivity index (χ0v) is 14.5. The summed E-state index contributed by atoms with van der Waals surface area (Å²) in [5.74, 6) is -1.75. The van der Waals surface area contributed by atoms with Crippen molar-refractivity contribution in [2.75, 3.05) is 25.0 Å². The van der Waals surface area contributed by atoms with Crippen LogP contribution >= 0.6 is 0 Å². The minimum atomic E-state index is -0.772. The Labute approximate surface area is 151 Å². The molecule has 1 aliphatic rings. The summed E-state index contributed by atoms with van der Waals surface area (Å²) in [5.41, 5.74) is 1.15. The lowest BCUT2D eigenvalue weighted by Gasteiger charge is -2.31. The quantitative estimate of drug-likeness (QED) is 0.856. The van der Waals surface area contributed by atoms with E-state index in [2.05, 4.69) is 5.32 Å². The topological polar surface area (TPSA) is 41.6 Å². The Morgan fingerprint density at radius 2 is 1.85 bits per heavy atom. The summed E-state index contributed by atoms with van der Waals surface area (Å²) < 4.78 is 32.4. The van der Waals surface area contributed by atoms with E-state index in [0.29, 0.717) is 6.61 Å². The SMILES string of the molecule is O=C(CN1CCC(OCc2ccccc2)CC1)Nc1ccc(F)cc1F. The highest BCUT2D eigenvalue weighted by atomic mass is 19.1. The molecule has 1 heterocycles. The average molecular weight is 360 g/mol. The van der Waals surface area contributed by atoms with Gasteiger partial charge in [-0.25, -0.2) is 8.78 Å². The fraction of sp³-hybridized carbons (Fsp3) is 0.350. The number of benzene rings is 2. The molecule has 0 atom stereocenters. The molecule has 0 aromatic heterocycles. The maximum absolute atomic E-state index is 13.6. The number of halogens is 2. The van der Waals surface area contributed by atoms with E-state index in [0.717, 1.165) is 43.6 Å². The molecule has 0 spiro atoms. The van der Waals surface area contributed by atoms with Crippen LogP contribution in [0.2, 0.25) is 0 Å². The van der Waals surface area contributed by atoms with Crippen LogP contribution < -0.4 is 5.32 Å². The van der Waals surface area contributed by atoms with Crippen molar-refractivity contribution in [1.82, 2.24) is 4.90 Å². The molecule has 26 heavy (non-hydrogen) atoms. The van der Waals surface area contributed by atoms with Crippen molar-refractivity contribution in [1.29, 1.82) is 0 Å². The zero-order valence-electron chi connectivity index (χ0n) is 14.5. The summed E-state index contributed by atoms with van der Waals surface area (Å²) in [5, 5.41) is 2.49. The predicted octanol–water partition coefficient (Wildman–Crippen LogP) is 3.58. The van der Waals surface area contributed by atoms with Crippen molar-refractivity contribution >= 4 is 11.6 Å². The third-order valence-corrected chi connectivity index (χ3v) is 4.44. The zero-order chi connectivity index (χ0) is 18.4. The maximum atomic E-state index is 13.6. The Hall–Kier alpha value is -2.31. The Morgan fingerprint density at radius 3 is 2.54 bits per heavy atom. The summed E-state index contributed by atoms with van der Waals surface area (Å²) in [6.45, 7) is 2.27. The van der Waals surface area contributed by atoms with Gasteiger partial charge in [0, 0.05) is 19.2 Å². The minimum absolute atomic E-state index is 0.00233. The molecule has 0 unspecified atom stereocenters. The molecule has 1 saturated heterocycles. The predicted molar refractivity (Wildman–Crippen MR) is 95.7 cm³/mol. The average Bonchev–Trinajstić information content (AvgIpc) is 2.64. The minimum Gasteiger partial charge on any atom is -0.373 e. The van der Waals surface area contributed by atoms with Gasteiger partial charge in [-0.2, -0.15) is 0 Å². The van der Waals surface area contributed by atoms with Crippen LogP contribution in [-0.2, 0) is 16.1 Å². The van der Waals surface area contributed by atoms with E-state index >= 15 is 0 Å². The smallest absolute Gasteiger partial charge is 0.238 e. The standard InChI is InChI=1S/C20H22F2N2O2/c21-16-6-7-19(18(22)12-16)23-20(25)13-24-10-8-17(9-11-24)26-14-15-4-2-1-3-5-15/h1-7,12,17H,8-11,13-14H2,(H,23,25). The lowest BCUT2D eigenvalue weighted by atomic mass is 10.1. The van der Waals surface area contributed by atoms with Crippen molar-refractivity contribution < 1.29 is 18.3 Å². The number of likely N-dealkylation sites (tertiary alicyclic amines) is 1. The Kier molecular flexibility index (Phi) is 6.30. The van der Waals surface area contributed by atoms with Crippen LogP contribution in [0.1, 0.15) is 18.4 Å². The molecule has 0 radical (unpaired) electrons. The van der Waals surface area contributed by atoms with Gasteiger partial charge < -0.3 is 10.1 Å². The van der Waals surface area contributed by atoms with Gasteiger partial charge in [-0.05, 0) is 30.5 Å². The number of piperidine rings is 1. The summed E-state index contributed by atoms with van der Waals surface area (Å²) in [6.07, 6.45) is 1.89. The van der Waals surface area contributed by atoms with E-state index in [-0.39, 0.29) is 24.2 Å². The van der Waals surface area contributed by atoms with Gasteiger partial charge in [0.1, 0.15) is 11.6 Å². The highest BCUT2D eigenvalue weighted by Crippen LogP contribution is 2.17. The lowest BCUT2D eigenvalue weighted by Crippen LogP contribution is -2.41. The van der Waals surface area contributed by atoms with Gasteiger partial charge >= 0.3 is 0 Å². The molecule has 6 heteroatoms. The molecule has 1 N–H and O–H groups in total. The molecular weight excluding hydrogens is 338 g/mol. The van der Waals surface area contributed by atoms with Gasteiger partial charge in [0.25, 0.3) is 0 Å². The summed E-state index contributed by atoms with van der Waals surface area (Å²) in [4.78, 5) is 14.1. The number of ether oxygens (including phenoxy) is 1. The Morgan fingerprint density at radius 1 is 1.12 bits per heavy atom. The molecule has 0 bridgehead atoms. The molecule has 3 rings (SSSR count). The molecule has 0 aliphatic carbocycles. The van der Waals surface area contributed by atoms with Crippen LogP contribution in [0.25, 0.3) is 0 Å². The molecule has 0 saturated carbocycles. The first-order valence-electron chi connectivity index (χ1n) is 8.73. The summed E-state index contributed by atoms with van der Waals surface area (Å²) >= 11 is 0. The fourth-order valence-corrected chi connectivity index (χ4v) is 3.01. The van der Waals surface area contributed by atoms with Crippen molar-refractivity contribution in [3.8, 4) is 0 Å². The number of hydrogen-bond acceptors (Lipinski definition) is 3. The van der Waals surface area contributed by atoms with E-state index in [1.807, 2.05) is 35.2 Å². The van der Waals surface area contributed by atoms with E-state index in [4.69, 9.17) is 4.74 Å². The summed E-state index contributed by atoms with van der Waals surface area (Å²) in [6, 6.07) is 13.1. The van der Waals surface area contributed by atoms with Crippen molar-refractivity contribution in [2.45, 2.75) is 25.6 Å². The second-order valence-corrected chi connectivity index (χ2v) is 6.44. The highest BCUT2D eigenvalue weighted by Gasteiger charge is 2.21. The summed E-state index contributed by atoms with van der Waals surface area (Å²) in [7, 11) is 0. The number of anilines is 1. The third-order valence-electron chi connectivity index (χ3n) is 4.44. The number of carbonyl (C=O) groups excluding carboxylic acids is 1. The van der Waals surface area contributed by atoms with Gasteiger partial charge in [-0.1, -0.05) is 30.3 Å². The third kappa shape index (κ3) is 5.34. The number of nitrogens with zero attached hydrogens (tertiary/aromatic N) is 1. The van der Waals surface area contributed by atoms with Gasteiger partial charge in [0.15, 0.2) is 0 Å². The Balaban J connectivity index is 1.40. The van der Waals surface area contributed by atoms with Crippen molar-refractivity contribution in [3.63, 3.8) is 0 Å². The van der Waals surface area contributed by atoms with Crippen molar-refractivity contribution in [3.05, 3.63) is 65.7 Å². The molecule has 4 nitrogen and oxygen atoms in total. The van der Waals surface area contributed by atoms with E-state index in [9.17, 15) is 13.6 Å². The molecule has 2 aromatic carbocycles. The number of amides is 1. The normalized spacial score (nSPS) is 15.8. The van der Waals surface area contributed by atoms with Gasteiger partial charge in [-0.15, -0.1) is 0 Å². The number of hydrogen-bond donors (Lipinski definition) is 1. The fourth-order valence-electron chi connectivity index (χ4n) is 3.01. The van der Waals surface area contributed by atoms with Crippen LogP contribution in [0, 0.1) is 11.6 Å². The van der Waals surface area contributed by atoms with Crippen LogP contribution in [0.15, 0.2) is 48.5 Å². The second kappa shape index (κ2) is 8.87. The maximum Gasteiger partial charge on any atom is 0.238 e. The van der Waals surface area contributed by atoms with Gasteiger partial charge in [0.2, 0.25) is 5.91 Å². The first kappa shape index (κ1) is 18.5. The van der Waals surface area contributed by atoms with Crippen LogP contribution in [0.4, 0.5) is 14.5 Å². The molecule has 2 aromatic rings. The highest BCUT2D eigenvalue weighted by molar-refractivity contribution is 5.92. The van der Waals surface area contributed by atoms with Gasteiger partial charge in [0.05, 0.1) is 24.9 Å². The monoisotopic (exact) mass is 360 g/mol. The number of rotatable bonds is 6. The lowest BCUT2D eigenvalue weighted by molar-refractivity contribution is -0.118. The number of carbonyl (C=O) groups is 1. The van der Waals surface area contributed by atoms with Crippen molar-refractivity contribution in [2.24, 2.45) is 0 Å². The molecule has 138 valence electrons. The first-order valence-corrected chi connectivity index (χ1v) is 8.73. The molecular formula is C20H22F2N2O2. The van der Waals surface area contributed by atoms with Crippen LogP contribution in [-0.4, -0.2) is 36.5 Å². The van der Waals surface area contributed by atoms with E-state index in [1.54, 1.807) is 0 Å². The van der Waals surface area contributed by atoms with E-state index in [1.165, 1.54) is 6.07 Å². The van der Waals surface area contributed by atoms with Crippen LogP contribution in [0.3, 0.4) is 0 Å².